The van der Waals surface area contributed by atoms with E-state index in [1.807, 2.05) is 31.4 Å². The molecule has 1 N–H and O–H groups in total. The van der Waals surface area contributed by atoms with Gasteiger partial charge in [-0.25, -0.2) is 4.98 Å². The second-order valence-electron chi connectivity index (χ2n) is 3.29. The minimum atomic E-state index is 0.347. The van der Waals surface area contributed by atoms with E-state index in [-0.39, 0.29) is 0 Å². The van der Waals surface area contributed by atoms with E-state index in [4.69, 9.17) is 0 Å². The van der Waals surface area contributed by atoms with Crippen LogP contribution in [0.4, 0.5) is 0 Å². The molecule has 0 spiro atoms. The molecule has 0 bridgehead atoms. The standard InChI is InChI=1S/C11H13N3S/c1-8(12-2)10-7-14-11(15-10)9-5-3-4-6-13-9/h3-8,12H,1-2H3. The zero-order valence-electron chi connectivity index (χ0n) is 8.77. The monoisotopic (exact) mass is 219 g/mol. The van der Waals surface area contributed by atoms with Crippen LogP contribution in [0.2, 0.25) is 0 Å². The number of hydrogen-bond donors (Lipinski definition) is 1. The van der Waals surface area contributed by atoms with Gasteiger partial charge >= 0.3 is 0 Å². The van der Waals surface area contributed by atoms with Crippen LogP contribution in [0.3, 0.4) is 0 Å². The third-order valence-electron chi connectivity index (χ3n) is 2.27. The number of aromatic nitrogens is 2. The molecule has 0 aliphatic rings. The number of hydrogen-bond acceptors (Lipinski definition) is 4. The van der Waals surface area contributed by atoms with Crippen molar-refractivity contribution < 1.29 is 0 Å². The Kier molecular flexibility index (Phi) is 3.08. The van der Waals surface area contributed by atoms with Crippen LogP contribution in [0.25, 0.3) is 10.7 Å². The molecule has 0 saturated heterocycles. The number of thiazole rings is 1. The lowest BCUT2D eigenvalue weighted by Crippen LogP contribution is -2.10. The normalized spacial score (nSPS) is 12.7. The van der Waals surface area contributed by atoms with Crippen LogP contribution < -0.4 is 5.32 Å². The number of pyridine rings is 1. The molecule has 1 atom stereocenters. The van der Waals surface area contributed by atoms with Crippen molar-refractivity contribution in [2.45, 2.75) is 13.0 Å². The Labute approximate surface area is 93.2 Å². The minimum absolute atomic E-state index is 0.347. The predicted molar refractivity (Wildman–Crippen MR) is 62.8 cm³/mol. The molecule has 0 radical (unpaired) electrons. The van der Waals surface area contributed by atoms with Gasteiger partial charge in [0.15, 0.2) is 0 Å². The molecule has 0 saturated carbocycles. The van der Waals surface area contributed by atoms with Gasteiger partial charge in [-0.15, -0.1) is 11.3 Å². The first-order chi connectivity index (χ1) is 7.31. The van der Waals surface area contributed by atoms with Crippen LogP contribution in [-0.2, 0) is 0 Å². The third kappa shape index (κ3) is 2.22. The molecular formula is C11H13N3S. The molecule has 0 aliphatic heterocycles. The minimum Gasteiger partial charge on any atom is -0.312 e. The fourth-order valence-electron chi connectivity index (χ4n) is 1.24. The van der Waals surface area contributed by atoms with E-state index in [1.165, 1.54) is 4.88 Å². The SMILES string of the molecule is CNC(C)c1cnc(-c2ccccn2)s1. The Bertz CT molecular complexity index is 424. The summed E-state index contributed by atoms with van der Waals surface area (Å²) < 4.78 is 0. The first kappa shape index (κ1) is 10.3. The first-order valence-electron chi connectivity index (χ1n) is 4.85. The van der Waals surface area contributed by atoms with Crippen LogP contribution in [-0.4, -0.2) is 17.0 Å². The van der Waals surface area contributed by atoms with Crippen molar-refractivity contribution in [3.05, 3.63) is 35.5 Å². The summed E-state index contributed by atoms with van der Waals surface area (Å²) in [4.78, 5) is 9.88. The molecular weight excluding hydrogens is 206 g/mol. The van der Waals surface area contributed by atoms with E-state index in [1.54, 1.807) is 17.5 Å². The Hall–Kier alpha value is -1.26. The lowest BCUT2D eigenvalue weighted by atomic mass is 10.3. The van der Waals surface area contributed by atoms with Crippen molar-refractivity contribution in [1.82, 2.24) is 15.3 Å². The maximum Gasteiger partial charge on any atom is 0.142 e. The second-order valence-corrected chi connectivity index (χ2v) is 4.36. The van der Waals surface area contributed by atoms with E-state index in [9.17, 15) is 0 Å². The Morgan fingerprint density at radius 2 is 2.20 bits per heavy atom. The summed E-state index contributed by atoms with van der Waals surface area (Å²) in [6.07, 6.45) is 3.70. The lowest BCUT2D eigenvalue weighted by molar-refractivity contribution is 0.662. The largest absolute Gasteiger partial charge is 0.312 e. The van der Waals surface area contributed by atoms with E-state index < -0.39 is 0 Å². The smallest absolute Gasteiger partial charge is 0.142 e. The molecule has 2 aromatic rings. The van der Waals surface area contributed by atoms with Crippen molar-refractivity contribution >= 4 is 11.3 Å². The second kappa shape index (κ2) is 4.51. The van der Waals surface area contributed by atoms with Crippen molar-refractivity contribution in [3.8, 4) is 10.7 Å². The molecule has 0 aliphatic carbocycles. The van der Waals surface area contributed by atoms with E-state index in [0.29, 0.717) is 6.04 Å². The van der Waals surface area contributed by atoms with Gasteiger partial charge in [-0.05, 0) is 26.1 Å². The molecule has 15 heavy (non-hydrogen) atoms. The number of nitrogens with one attached hydrogen (secondary N) is 1. The number of rotatable bonds is 3. The van der Waals surface area contributed by atoms with E-state index in [2.05, 4.69) is 22.2 Å². The van der Waals surface area contributed by atoms with Gasteiger partial charge in [0.2, 0.25) is 0 Å². The topological polar surface area (TPSA) is 37.8 Å². The zero-order valence-corrected chi connectivity index (χ0v) is 9.58. The summed E-state index contributed by atoms with van der Waals surface area (Å²) in [5.41, 5.74) is 0.942. The summed E-state index contributed by atoms with van der Waals surface area (Å²) in [5.74, 6) is 0. The third-order valence-corrected chi connectivity index (χ3v) is 3.47. The van der Waals surface area contributed by atoms with Gasteiger partial charge in [0.25, 0.3) is 0 Å². The first-order valence-corrected chi connectivity index (χ1v) is 5.67. The summed E-state index contributed by atoms with van der Waals surface area (Å²) in [5, 5.41) is 4.18. The highest BCUT2D eigenvalue weighted by Gasteiger charge is 2.09. The zero-order chi connectivity index (χ0) is 10.7. The van der Waals surface area contributed by atoms with Crippen LogP contribution in [0, 0.1) is 0 Å². The fourth-order valence-corrected chi connectivity index (χ4v) is 2.19. The van der Waals surface area contributed by atoms with Crippen molar-refractivity contribution in [1.29, 1.82) is 0 Å². The van der Waals surface area contributed by atoms with E-state index >= 15 is 0 Å². The molecule has 78 valence electrons. The molecule has 2 heterocycles. The highest BCUT2D eigenvalue weighted by molar-refractivity contribution is 7.15. The van der Waals surface area contributed by atoms with Gasteiger partial charge in [0.05, 0.1) is 5.69 Å². The van der Waals surface area contributed by atoms with Gasteiger partial charge in [-0.3, -0.25) is 4.98 Å². The summed E-state index contributed by atoms with van der Waals surface area (Å²) in [6, 6.07) is 6.21. The molecule has 2 aromatic heterocycles. The quantitative estimate of drug-likeness (QED) is 0.861. The molecule has 0 aromatic carbocycles. The number of nitrogens with zero attached hydrogens (tertiary/aromatic N) is 2. The lowest BCUT2D eigenvalue weighted by Gasteiger charge is -2.04. The Balaban J connectivity index is 2.28. The van der Waals surface area contributed by atoms with Crippen molar-refractivity contribution in [3.63, 3.8) is 0 Å². The molecule has 3 nitrogen and oxygen atoms in total. The van der Waals surface area contributed by atoms with E-state index in [0.717, 1.165) is 10.7 Å². The van der Waals surface area contributed by atoms with Gasteiger partial charge in [0.1, 0.15) is 5.01 Å². The summed E-state index contributed by atoms with van der Waals surface area (Å²) in [6.45, 7) is 2.12. The van der Waals surface area contributed by atoms with Crippen molar-refractivity contribution in [2.75, 3.05) is 7.05 Å². The molecule has 0 amide bonds. The summed E-state index contributed by atoms with van der Waals surface area (Å²) in [7, 11) is 1.95. The molecule has 2 rings (SSSR count). The Morgan fingerprint density at radius 1 is 1.33 bits per heavy atom. The van der Waals surface area contributed by atoms with Crippen LogP contribution in [0.1, 0.15) is 17.8 Å². The fraction of sp³-hybridized carbons (Fsp3) is 0.273. The maximum atomic E-state index is 4.37. The average molecular weight is 219 g/mol. The van der Waals surface area contributed by atoms with Crippen LogP contribution >= 0.6 is 11.3 Å². The van der Waals surface area contributed by atoms with Crippen LogP contribution in [0.5, 0.6) is 0 Å². The van der Waals surface area contributed by atoms with Gasteiger partial charge < -0.3 is 5.32 Å². The molecule has 1 unspecified atom stereocenters. The highest BCUT2D eigenvalue weighted by atomic mass is 32.1. The van der Waals surface area contributed by atoms with Crippen LogP contribution in [0.15, 0.2) is 30.6 Å². The van der Waals surface area contributed by atoms with Crippen molar-refractivity contribution in [2.24, 2.45) is 0 Å². The molecule has 0 fully saturated rings. The molecule has 4 heteroatoms. The van der Waals surface area contributed by atoms with Gasteiger partial charge in [0, 0.05) is 23.3 Å². The van der Waals surface area contributed by atoms with Gasteiger partial charge in [-0.1, -0.05) is 6.07 Å². The Morgan fingerprint density at radius 3 is 2.87 bits per heavy atom. The predicted octanol–water partition coefficient (Wildman–Crippen LogP) is 2.49. The average Bonchev–Trinajstić information content (AvgIpc) is 2.78. The highest BCUT2D eigenvalue weighted by Crippen LogP contribution is 2.26. The maximum absolute atomic E-state index is 4.37. The van der Waals surface area contributed by atoms with Gasteiger partial charge in [-0.2, -0.15) is 0 Å². The summed E-state index contributed by atoms with van der Waals surface area (Å²) >= 11 is 1.68.